The Morgan fingerprint density at radius 1 is 1.47 bits per heavy atom. The summed E-state index contributed by atoms with van der Waals surface area (Å²) < 4.78 is 4.80. The molecule has 1 atom stereocenters. The second-order valence-corrected chi connectivity index (χ2v) is 4.71. The van der Waals surface area contributed by atoms with E-state index < -0.39 is 0 Å². The van der Waals surface area contributed by atoms with Crippen molar-refractivity contribution in [1.82, 2.24) is 0 Å². The van der Waals surface area contributed by atoms with E-state index >= 15 is 0 Å². The molecule has 0 amide bonds. The first-order chi connectivity index (χ1) is 8.03. The largest absolute Gasteiger partial charge is 0.465 e. The normalized spacial score (nSPS) is 18.5. The lowest BCUT2D eigenvalue weighted by atomic mass is 9.85. The average molecular weight is 234 g/mol. The maximum atomic E-state index is 11.8. The van der Waals surface area contributed by atoms with Crippen LogP contribution in [0.4, 0.5) is 5.69 Å². The predicted octanol–water partition coefficient (Wildman–Crippen LogP) is 1.43. The van der Waals surface area contributed by atoms with Crippen LogP contribution in [-0.4, -0.2) is 19.1 Å². The van der Waals surface area contributed by atoms with Gasteiger partial charge in [-0.15, -0.1) is 0 Å². The fourth-order valence-electron chi connectivity index (χ4n) is 2.42. The Kier molecular flexibility index (Phi) is 2.83. The number of anilines is 1. The zero-order chi connectivity index (χ0) is 12.6. The van der Waals surface area contributed by atoms with Crippen molar-refractivity contribution >= 4 is 11.7 Å². The monoisotopic (exact) mass is 234 g/mol. The van der Waals surface area contributed by atoms with Gasteiger partial charge >= 0.3 is 5.97 Å². The number of methoxy groups -OCH3 is 1. The molecule has 4 N–H and O–H groups in total. The molecule has 4 nitrogen and oxygen atoms in total. The average Bonchev–Trinajstić information content (AvgIpc) is 3.09. The van der Waals surface area contributed by atoms with Crippen LogP contribution >= 0.6 is 0 Å². The summed E-state index contributed by atoms with van der Waals surface area (Å²) in [5.41, 5.74) is 13.7. The second kappa shape index (κ2) is 4.04. The molecule has 0 aromatic heterocycles. The van der Waals surface area contributed by atoms with Gasteiger partial charge in [0.1, 0.15) is 0 Å². The van der Waals surface area contributed by atoms with Crippen LogP contribution in [0.25, 0.3) is 0 Å². The van der Waals surface area contributed by atoms with E-state index in [4.69, 9.17) is 16.2 Å². The Labute approximate surface area is 101 Å². The highest BCUT2D eigenvalue weighted by molar-refractivity contribution is 5.97. The third-order valence-corrected chi connectivity index (χ3v) is 3.68. The minimum absolute atomic E-state index is 0.00714. The molecule has 92 valence electrons. The standard InChI is InChI=1S/C13H18N2O2/c1-8(14)13(6-7-13)9-4-3-5-10(15)11(9)12(16)17-2/h3-5,8H,6-7,14-15H2,1-2H3. The number of ether oxygens (including phenoxy) is 1. The number of nitrogen functional groups attached to an aromatic ring is 1. The molecule has 1 aliphatic rings. The van der Waals surface area contributed by atoms with Crippen molar-refractivity contribution in [3.05, 3.63) is 29.3 Å². The Hall–Kier alpha value is -1.55. The van der Waals surface area contributed by atoms with Gasteiger partial charge in [-0.1, -0.05) is 12.1 Å². The Bertz CT molecular complexity index is 451. The minimum atomic E-state index is -0.384. The first-order valence-electron chi connectivity index (χ1n) is 5.76. The van der Waals surface area contributed by atoms with Crippen LogP contribution in [0.2, 0.25) is 0 Å². The smallest absolute Gasteiger partial charge is 0.340 e. The molecular formula is C13H18N2O2. The van der Waals surface area contributed by atoms with Crippen molar-refractivity contribution in [3.8, 4) is 0 Å². The summed E-state index contributed by atoms with van der Waals surface area (Å²) in [6.07, 6.45) is 2.00. The minimum Gasteiger partial charge on any atom is -0.465 e. The SMILES string of the molecule is COC(=O)c1c(N)cccc1C1(C(C)N)CC1. The molecule has 0 spiro atoms. The molecule has 1 saturated carbocycles. The number of carbonyl (C=O) groups is 1. The summed E-state index contributed by atoms with van der Waals surface area (Å²) >= 11 is 0. The van der Waals surface area contributed by atoms with Crippen molar-refractivity contribution in [1.29, 1.82) is 0 Å². The van der Waals surface area contributed by atoms with Crippen LogP contribution in [0.5, 0.6) is 0 Å². The molecule has 0 saturated heterocycles. The lowest BCUT2D eigenvalue weighted by molar-refractivity contribution is 0.0599. The third-order valence-electron chi connectivity index (χ3n) is 3.68. The van der Waals surface area contributed by atoms with Crippen LogP contribution in [0, 0.1) is 0 Å². The van der Waals surface area contributed by atoms with Crippen LogP contribution in [0.3, 0.4) is 0 Å². The van der Waals surface area contributed by atoms with Crippen LogP contribution < -0.4 is 11.5 Å². The topological polar surface area (TPSA) is 78.3 Å². The fourth-order valence-corrected chi connectivity index (χ4v) is 2.42. The molecule has 0 aliphatic heterocycles. The number of hydrogen-bond donors (Lipinski definition) is 2. The van der Waals surface area contributed by atoms with E-state index in [2.05, 4.69) is 0 Å². The van der Waals surface area contributed by atoms with Gasteiger partial charge in [0.15, 0.2) is 0 Å². The van der Waals surface area contributed by atoms with Gasteiger partial charge in [-0.05, 0) is 31.4 Å². The predicted molar refractivity (Wildman–Crippen MR) is 66.8 cm³/mol. The molecule has 4 heteroatoms. The summed E-state index contributed by atoms with van der Waals surface area (Å²) in [6, 6.07) is 5.51. The maximum Gasteiger partial charge on any atom is 0.340 e. The Morgan fingerprint density at radius 2 is 2.12 bits per heavy atom. The molecule has 1 aromatic rings. The molecule has 17 heavy (non-hydrogen) atoms. The fraction of sp³-hybridized carbons (Fsp3) is 0.462. The number of rotatable bonds is 3. The van der Waals surface area contributed by atoms with E-state index in [9.17, 15) is 4.79 Å². The van der Waals surface area contributed by atoms with E-state index in [1.165, 1.54) is 7.11 Å². The number of esters is 1. The van der Waals surface area contributed by atoms with Crippen molar-refractivity contribution in [2.75, 3.05) is 12.8 Å². The van der Waals surface area contributed by atoms with Gasteiger partial charge in [-0.3, -0.25) is 0 Å². The highest BCUT2D eigenvalue weighted by atomic mass is 16.5. The van der Waals surface area contributed by atoms with Crippen LogP contribution in [0.1, 0.15) is 35.7 Å². The summed E-state index contributed by atoms with van der Waals surface area (Å²) in [4.78, 5) is 11.8. The highest BCUT2D eigenvalue weighted by Crippen LogP contribution is 2.52. The first-order valence-corrected chi connectivity index (χ1v) is 5.76. The third kappa shape index (κ3) is 1.78. The van der Waals surface area contributed by atoms with Gasteiger partial charge in [-0.25, -0.2) is 4.79 Å². The summed E-state index contributed by atoms with van der Waals surface area (Å²) in [5, 5.41) is 0. The van der Waals surface area contributed by atoms with E-state index in [1.54, 1.807) is 6.07 Å². The molecule has 1 unspecified atom stereocenters. The van der Waals surface area contributed by atoms with E-state index in [0.717, 1.165) is 18.4 Å². The quantitative estimate of drug-likeness (QED) is 0.612. The maximum absolute atomic E-state index is 11.8. The van der Waals surface area contributed by atoms with Crippen LogP contribution in [-0.2, 0) is 10.2 Å². The molecule has 2 rings (SSSR count). The van der Waals surface area contributed by atoms with Gasteiger partial charge in [0.25, 0.3) is 0 Å². The van der Waals surface area contributed by atoms with Gasteiger partial charge < -0.3 is 16.2 Å². The van der Waals surface area contributed by atoms with Crippen molar-refractivity contribution in [3.63, 3.8) is 0 Å². The van der Waals surface area contributed by atoms with E-state index in [1.807, 2.05) is 19.1 Å². The number of carbonyl (C=O) groups excluding carboxylic acids is 1. The lowest BCUT2D eigenvalue weighted by Gasteiger charge is -2.23. The van der Waals surface area contributed by atoms with Gasteiger partial charge in [-0.2, -0.15) is 0 Å². The van der Waals surface area contributed by atoms with Gasteiger partial charge in [0.2, 0.25) is 0 Å². The van der Waals surface area contributed by atoms with Crippen molar-refractivity contribution in [2.45, 2.75) is 31.2 Å². The summed E-state index contributed by atoms with van der Waals surface area (Å²) in [5.74, 6) is -0.384. The van der Waals surface area contributed by atoms with Crippen LogP contribution in [0.15, 0.2) is 18.2 Å². The Balaban J connectivity index is 2.55. The van der Waals surface area contributed by atoms with E-state index in [0.29, 0.717) is 11.3 Å². The number of nitrogens with two attached hydrogens (primary N) is 2. The molecule has 1 fully saturated rings. The van der Waals surface area contributed by atoms with Crippen molar-refractivity contribution < 1.29 is 9.53 Å². The number of benzene rings is 1. The van der Waals surface area contributed by atoms with Gasteiger partial charge in [0.05, 0.1) is 12.7 Å². The molecular weight excluding hydrogens is 216 g/mol. The van der Waals surface area contributed by atoms with E-state index in [-0.39, 0.29) is 17.4 Å². The molecule has 0 bridgehead atoms. The molecule has 1 aromatic carbocycles. The van der Waals surface area contributed by atoms with Gasteiger partial charge in [0, 0.05) is 17.1 Å². The zero-order valence-electron chi connectivity index (χ0n) is 10.2. The Morgan fingerprint density at radius 3 is 2.59 bits per heavy atom. The molecule has 1 aliphatic carbocycles. The summed E-state index contributed by atoms with van der Waals surface area (Å²) in [6.45, 7) is 1.97. The molecule has 0 heterocycles. The van der Waals surface area contributed by atoms with Crippen molar-refractivity contribution in [2.24, 2.45) is 5.73 Å². The number of hydrogen-bond acceptors (Lipinski definition) is 4. The highest BCUT2D eigenvalue weighted by Gasteiger charge is 2.49. The first kappa shape index (κ1) is 11.9. The zero-order valence-corrected chi connectivity index (χ0v) is 10.2. The lowest BCUT2D eigenvalue weighted by Crippen LogP contribution is -2.33. The molecule has 0 radical (unpaired) electrons. The summed E-state index contributed by atoms with van der Waals surface area (Å²) in [7, 11) is 1.37. The second-order valence-electron chi connectivity index (χ2n) is 4.71.